The Kier molecular flexibility index (Phi) is 4.53. The van der Waals surface area contributed by atoms with E-state index in [1.54, 1.807) is 26.6 Å². The van der Waals surface area contributed by atoms with Gasteiger partial charge in [-0.3, -0.25) is 5.10 Å². The molecule has 0 radical (unpaired) electrons. The fourth-order valence-corrected chi connectivity index (χ4v) is 3.48. The van der Waals surface area contributed by atoms with Gasteiger partial charge in [0.2, 0.25) is 0 Å². The highest BCUT2D eigenvalue weighted by molar-refractivity contribution is 5.84. The van der Waals surface area contributed by atoms with Crippen molar-refractivity contribution in [3.63, 3.8) is 0 Å². The summed E-state index contributed by atoms with van der Waals surface area (Å²) < 4.78 is 12.7. The average molecular weight is 400 g/mol. The molecule has 30 heavy (non-hydrogen) atoms. The summed E-state index contributed by atoms with van der Waals surface area (Å²) in [4.78, 5) is 9.30. The lowest BCUT2D eigenvalue weighted by Crippen LogP contribution is -2.01. The smallest absolute Gasteiger partial charge is 0.180 e. The van der Waals surface area contributed by atoms with Crippen LogP contribution in [0.4, 0.5) is 11.5 Å². The Labute approximate surface area is 172 Å². The molecule has 3 heterocycles. The molecule has 0 aliphatic carbocycles. The van der Waals surface area contributed by atoms with Crippen molar-refractivity contribution in [1.82, 2.24) is 24.6 Å². The predicted octanol–water partition coefficient (Wildman–Crippen LogP) is 4.17. The van der Waals surface area contributed by atoms with Crippen molar-refractivity contribution >= 4 is 28.1 Å². The topological polar surface area (TPSA) is 89.4 Å². The van der Waals surface area contributed by atoms with Crippen LogP contribution >= 0.6 is 0 Å². The number of hydrogen-bond acceptors (Lipinski definition) is 6. The standard InChI is InChI=1S/C22H20N6O2/c1-29-13-16-5-6-17(10-20(16)30-2)25-21-22-23-7-8-28(22)12-19(26-21)14-3-4-15-11-24-27-18(15)9-14/h3-12H,13H2,1-2H3,(H,24,27)(H,25,26). The highest BCUT2D eigenvalue weighted by Crippen LogP contribution is 2.29. The number of ether oxygens (including phenoxy) is 2. The first-order valence-corrected chi connectivity index (χ1v) is 9.45. The Morgan fingerprint density at radius 2 is 2.07 bits per heavy atom. The van der Waals surface area contributed by atoms with Crippen LogP contribution in [0.3, 0.4) is 0 Å². The van der Waals surface area contributed by atoms with Crippen LogP contribution in [0.2, 0.25) is 0 Å². The third-order valence-electron chi connectivity index (χ3n) is 4.96. The lowest BCUT2D eigenvalue weighted by Gasteiger charge is -2.13. The molecule has 0 saturated heterocycles. The number of methoxy groups -OCH3 is 2. The number of benzene rings is 2. The quantitative estimate of drug-likeness (QED) is 0.445. The molecule has 8 nitrogen and oxygen atoms in total. The zero-order valence-corrected chi connectivity index (χ0v) is 16.6. The lowest BCUT2D eigenvalue weighted by molar-refractivity contribution is 0.181. The molecule has 0 atom stereocenters. The van der Waals surface area contributed by atoms with Gasteiger partial charge >= 0.3 is 0 Å². The zero-order valence-electron chi connectivity index (χ0n) is 16.6. The van der Waals surface area contributed by atoms with E-state index < -0.39 is 0 Å². The van der Waals surface area contributed by atoms with Gasteiger partial charge in [-0.05, 0) is 12.1 Å². The van der Waals surface area contributed by atoms with Crippen LogP contribution in [0.1, 0.15) is 5.56 Å². The highest BCUT2D eigenvalue weighted by Gasteiger charge is 2.12. The molecular formula is C22H20N6O2. The second-order valence-corrected chi connectivity index (χ2v) is 6.89. The largest absolute Gasteiger partial charge is 0.496 e. The summed E-state index contributed by atoms with van der Waals surface area (Å²) in [7, 11) is 3.31. The van der Waals surface area contributed by atoms with Gasteiger partial charge in [0, 0.05) is 54.0 Å². The molecule has 0 bridgehead atoms. The summed E-state index contributed by atoms with van der Waals surface area (Å²) >= 11 is 0. The molecule has 5 aromatic rings. The first-order chi connectivity index (χ1) is 14.7. The van der Waals surface area contributed by atoms with E-state index in [1.165, 1.54) is 0 Å². The molecule has 0 spiro atoms. The number of nitrogens with one attached hydrogen (secondary N) is 2. The van der Waals surface area contributed by atoms with Crippen LogP contribution in [0, 0.1) is 0 Å². The Balaban J connectivity index is 1.56. The molecule has 8 heteroatoms. The Morgan fingerprint density at radius 3 is 2.93 bits per heavy atom. The van der Waals surface area contributed by atoms with Crippen molar-refractivity contribution in [2.24, 2.45) is 0 Å². The number of hydrogen-bond donors (Lipinski definition) is 2. The summed E-state index contributed by atoms with van der Waals surface area (Å²) in [5, 5.41) is 11.5. The highest BCUT2D eigenvalue weighted by atomic mass is 16.5. The van der Waals surface area contributed by atoms with Crippen molar-refractivity contribution < 1.29 is 9.47 Å². The van der Waals surface area contributed by atoms with Crippen LogP contribution in [-0.2, 0) is 11.3 Å². The van der Waals surface area contributed by atoms with Gasteiger partial charge < -0.3 is 19.2 Å². The lowest BCUT2D eigenvalue weighted by atomic mass is 10.1. The van der Waals surface area contributed by atoms with E-state index in [4.69, 9.17) is 14.5 Å². The SMILES string of the molecule is COCc1ccc(Nc2nc(-c3ccc4cn[nH]c4c3)cn3ccnc23)cc1OC. The van der Waals surface area contributed by atoms with Gasteiger partial charge in [0.15, 0.2) is 11.5 Å². The number of fused-ring (bicyclic) bond motifs is 2. The Bertz CT molecular complexity index is 1340. The maximum Gasteiger partial charge on any atom is 0.180 e. The molecular weight excluding hydrogens is 380 g/mol. The Morgan fingerprint density at radius 1 is 1.13 bits per heavy atom. The van der Waals surface area contributed by atoms with E-state index >= 15 is 0 Å². The van der Waals surface area contributed by atoms with E-state index in [0.29, 0.717) is 12.4 Å². The minimum Gasteiger partial charge on any atom is -0.496 e. The number of H-pyrrole nitrogens is 1. The first kappa shape index (κ1) is 18.1. The van der Waals surface area contributed by atoms with E-state index in [0.717, 1.165) is 44.8 Å². The maximum atomic E-state index is 5.50. The molecule has 0 amide bonds. The number of nitrogens with zero attached hydrogens (tertiary/aromatic N) is 4. The summed E-state index contributed by atoms with van der Waals surface area (Å²) in [6.07, 6.45) is 7.43. The van der Waals surface area contributed by atoms with Gasteiger partial charge in [0.1, 0.15) is 5.75 Å². The molecule has 0 fully saturated rings. The fraction of sp³-hybridized carbons (Fsp3) is 0.136. The third kappa shape index (κ3) is 3.23. The minimum atomic E-state index is 0.484. The van der Waals surface area contributed by atoms with E-state index in [1.807, 2.05) is 53.2 Å². The number of rotatable bonds is 6. The normalized spacial score (nSPS) is 11.3. The molecule has 0 unspecified atom stereocenters. The molecule has 5 rings (SSSR count). The van der Waals surface area contributed by atoms with E-state index in [-0.39, 0.29) is 0 Å². The van der Waals surface area contributed by atoms with Gasteiger partial charge in [-0.1, -0.05) is 18.2 Å². The number of imidazole rings is 1. The van der Waals surface area contributed by atoms with Crippen LogP contribution < -0.4 is 10.1 Å². The van der Waals surface area contributed by atoms with Crippen molar-refractivity contribution in [3.05, 3.63) is 66.7 Å². The number of aromatic nitrogens is 5. The van der Waals surface area contributed by atoms with Gasteiger partial charge in [-0.2, -0.15) is 5.10 Å². The summed E-state index contributed by atoms with van der Waals surface area (Å²) in [5.41, 5.74) is 5.34. The number of anilines is 2. The summed E-state index contributed by atoms with van der Waals surface area (Å²) in [5.74, 6) is 1.41. The van der Waals surface area contributed by atoms with Crippen LogP contribution in [-0.4, -0.2) is 38.8 Å². The fourth-order valence-electron chi connectivity index (χ4n) is 3.48. The monoisotopic (exact) mass is 400 g/mol. The second-order valence-electron chi connectivity index (χ2n) is 6.89. The first-order valence-electron chi connectivity index (χ1n) is 9.45. The maximum absolute atomic E-state index is 5.50. The van der Waals surface area contributed by atoms with Gasteiger partial charge in [0.05, 0.1) is 31.1 Å². The molecule has 2 N–H and O–H groups in total. The van der Waals surface area contributed by atoms with Gasteiger partial charge in [-0.15, -0.1) is 0 Å². The second kappa shape index (κ2) is 7.49. The van der Waals surface area contributed by atoms with Crippen molar-refractivity contribution in [2.45, 2.75) is 6.61 Å². The molecule has 0 aliphatic heterocycles. The van der Waals surface area contributed by atoms with E-state index in [9.17, 15) is 0 Å². The minimum absolute atomic E-state index is 0.484. The summed E-state index contributed by atoms with van der Waals surface area (Å²) in [6, 6.07) is 12.0. The van der Waals surface area contributed by atoms with Crippen molar-refractivity contribution in [3.8, 4) is 17.0 Å². The van der Waals surface area contributed by atoms with Crippen LogP contribution in [0.15, 0.2) is 61.2 Å². The molecule has 0 aliphatic rings. The third-order valence-corrected chi connectivity index (χ3v) is 4.96. The van der Waals surface area contributed by atoms with E-state index in [2.05, 4.69) is 20.5 Å². The predicted molar refractivity (Wildman–Crippen MR) is 115 cm³/mol. The number of aromatic amines is 1. The Hall–Kier alpha value is -3.91. The van der Waals surface area contributed by atoms with Crippen molar-refractivity contribution in [1.29, 1.82) is 0 Å². The molecule has 150 valence electrons. The average Bonchev–Trinajstić information content (AvgIpc) is 3.43. The molecule has 0 saturated carbocycles. The van der Waals surface area contributed by atoms with Gasteiger partial charge in [-0.25, -0.2) is 9.97 Å². The van der Waals surface area contributed by atoms with Gasteiger partial charge in [0.25, 0.3) is 0 Å². The zero-order chi connectivity index (χ0) is 20.5. The molecule has 3 aromatic heterocycles. The summed E-state index contributed by atoms with van der Waals surface area (Å²) in [6.45, 7) is 0.484. The molecule has 2 aromatic carbocycles. The van der Waals surface area contributed by atoms with Crippen LogP contribution in [0.5, 0.6) is 5.75 Å². The van der Waals surface area contributed by atoms with Crippen molar-refractivity contribution in [2.75, 3.05) is 19.5 Å². The van der Waals surface area contributed by atoms with Crippen LogP contribution in [0.25, 0.3) is 27.8 Å².